The van der Waals surface area contributed by atoms with Crippen LogP contribution in [0.3, 0.4) is 0 Å². The summed E-state index contributed by atoms with van der Waals surface area (Å²) < 4.78 is 28.1. The van der Waals surface area contributed by atoms with Gasteiger partial charge in [-0.15, -0.1) is 11.3 Å². The number of hydrogen-bond donors (Lipinski definition) is 1. The molecule has 0 bridgehead atoms. The Bertz CT molecular complexity index is 1370. The highest BCUT2D eigenvalue weighted by Crippen LogP contribution is 2.38. The van der Waals surface area contributed by atoms with Crippen molar-refractivity contribution in [3.63, 3.8) is 0 Å². The van der Waals surface area contributed by atoms with Gasteiger partial charge in [0, 0.05) is 16.1 Å². The molecule has 4 aromatic rings. The lowest BCUT2D eigenvalue weighted by Gasteiger charge is -2.11. The third-order valence-corrected chi connectivity index (χ3v) is 7.85. The van der Waals surface area contributed by atoms with Gasteiger partial charge in [-0.25, -0.2) is 8.42 Å². The zero-order valence-corrected chi connectivity index (χ0v) is 18.4. The van der Waals surface area contributed by atoms with E-state index in [-0.39, 0.29) is 4.90 Å². The van der Waals surface area contributed by atoms with E-state index in [9.17, 15) is 8.42 Å². The first kappa shape index (κ1) is 19.8. The normalized spacial score (nSPS) is 14.5. The molecule has 1 N–H and O–H groups in total. The lowest BCUT2D eigenvalue weighted by Crippen LogP contribution is -2.12. The van der Waals surface area contributed by atoms with Gasteiger partial charge < -0.3 is 0 Å². The monoisotopic (exact) mass is 443 g/mol. The third-order valence-electron chi connectivity index (χ3n) is 5.47. The van der Waals surface area contributed by atoms with Crippen LogP contribution in [0.4, 0.5) is 5.69 Å². The van der Waals surface area contributed by atoms with Gasteiger partial charge in [0.25, 0.3) is 10.0 Å². The maximum Gasteiger partial charge on any atom is 0.261 e. The molecule has 1 aliphatic rings. The summed E-state index contributed by atoms with van der Waals surface area (Å²) >= 11 is 1.76. The summed E-state index contributed by atoms with van der Waals surface area (Å²) in [6.45, 7) is 0. The Hall–Kier alpha value is -3.15. The maximum atomic E-state index is 12.7. The Balaban J connectivity index is 1.55. The van der Waals surface area contributed by atoms with E-state index >= 15 is 0 Å². The fourth-order valence-electron chi connectivity index (χ4n) is 3.98. The summed E-state index contributed by atoms with van der Waals surface area (Å²) in [6.07, 6.45) is 4.22. The zero-order valence-electron chi connectivity index (χ0n) is 16.8. The molecule has 0 saturated heterocycles. The average molecular weight is 444 g/mol. The van der Waals surface area contributed by atoms with Crippen molar-refractivity contribution in [1.82, 2.24) is 0 Å². The first-order valence-electron chi connectivity index (χ1n) is 10.1. The number of benzene rings is 3. The van der Waals surface area contributed by atoms with Crippen LogP contribution >= 0.6 is 11.3 Å². The van der Waals surface area contributed by atoms with Crippen molar-refractivity contribution in [2.24, 2.45) is 0 Å². The van der Waals surface area contributed by atoms with E-state index in [1.165, 1.54) is 27.1 Å². The molecule has 5 rings (SSSR count). The molecule has 3 aromatic carbocycles. The van der Waals surface area contributed by atoms with Crippen LogP contribution in [0.15, 0.2) is 95.2 Å². The molecule has 1 aliphatic carbocycles. The van der Waals surface area contributed by atoms with Crippen molar-refractivity contribution in [2.45, 2.75) is 17.7 Å². The molecule has 0 aliphatic heterocycles. The van der Waals surface area contributed by atoms with Crippen LogP contribution in [0, 0.1) is 0 Å². The van der Waals surface area contributed by atoms with Crippen molar-refractivity contribution < 1.29 is 8.42 Å². The summed E-state index contributed by atoms with van der Waals surface area (Å²) in [6, 6.07) is 26.7. The highest BCUT2D eigenvalue weighted by Gasteiger charge is 2.19. The van der Waals surface area contributed by atoms with Crippen molar-refractivity contribution in [2.75, 3.05) is 4.72 Å². The fraction of sp³-hybridized carbons (Fsp3) is 0.0769. The molecule has 0 fully saturated rings. The molecule has 154 valence electrons. The number of fused-ring (bicyclic) bond motifs is 2. The summed E-state index contributed by atoms with van der Waals surface area (Å²) in [5.74, 6) is 0. The second-order valence-corrected chi connectivity index (χ2v) is 10.1. The molecule has 0 atom stereocenters. The molecule has 0 spiro atoms. The van der Waals surface area contributed by atoms with E-state index in [2.05, 4.69) is 46.5 Å². The minimum Gasteiger partial charge on any atom is -0.280 e. The largest absolute Gasteiger partial charge is 0.280 e. The minimum atomic E-state index is -3.63. The third kappa shape index (κ3) is 4.07. The topological polar surface area (TPSA) is 46.2 Å². The van der Waals surface area contributed by atoms with Gasteiger partial charge in [0.05, 0.1) is 4.90 Å². The number of rotatable bonds is 4. The van der Waals surface area contributed by atoms with E-state index < -0.39 is 10.0 Å². The van der Waals surface area contributed by atoms with Crippen LogP contribution < -0.4 is 4.72 Å². The summed E-state index contributed by atoms with van der Waals surface area (Å²) in [7, 11) is -3.63. The molecule has 1 aromatic heterocycles. The van der Waals surface area contributed by atoms with Crippen molar-refractivity contribution >= 4 is 38.7 Å². The van der Waals surface area contributed by atoms with Gasteiger partial charge >= 0.3 is 0 Å². The smallest absolute Gasteiger partial charge is 0.261 e. The van der Waals surface area contributed by atoms with Crippen molar-refractivity contribution in [3.05, 3.63) is 117 Å². The van der Waals surface area contributed by atoms with Gasteiger partial charge in [-0.05, 0) is 76.9 Å². The highest BCUT2D eigenvalue weighted by atomic mass is 32.2. The van der Waals surface area contributed by atoms with Crippen LogP contribution in [-0.2, 0) is 22.9 Å². The Morgan fingerprint density at radius 3 is 2.45 bits per heavy atom. The number of thiophene rings is 1. The van der Waals surface area contributed by atoms with Crippen LogP contribution in [0.25, 0.3) is 11.6 Å². The molecule has 0 radical (unpaired) electrons. The molecule has 0 amide bonds. The van der Waals surface area contributed by atoms with Crippen LogP contribution in [0.1, 0.15) is 27.1 Å². The molecule has 0 saturated carbocycles. The van der Waals surface area contributed by atoms with Gasteiger partial charge in [-0.2, -0.15) is 0 Å². The van der Waals surface area contributed by atoms with Gasteiger partial charge in [-0.1, -0.05) is 54.6 Å². The van der Waals surface area contributed by atoms with Gasteiger partial charge in [0.15, 0.2) is 0 Å². The lowest BCUT2D eigenvalue weighted by atomic mass is 9.97. The number of anilines is 1. The number of nitrogens with one attached hydrogen (secondary N) is 1. The second kappa shape index (κ2) is 8.17. The SMILES string of the molecule is O=S(=O)(Nc1cccc(C=C2c3ccccc3CCc3ccsc32)c1)c1ccccc1. The molecule has 5 heteroatoms. The van der Waals surface area contributed by atoms with E-state index in [1.807, 2.05) is 18.2 Å². The first-order valence-corrected chi connectivity index (χ1v) is 12.5. The Labute approximate surface area is 186 Å². The Morgan fingerprint density at radius 2 is 1.58 bits per heavy atom. The quantitative estimate of drug-likeness (QED) is 0.406. The Morgan fingerprint density at radius 1 is 0.806 bits per heavy atom. The van der Waals surface area contributed by atoms with E-state index in [4.69, 9.17) is 0 Å². The molecular weight excluding hydrogens is 422 g/mol. The first-order chi connectivity index (χ1) is 15.1. The molecule has 31 heavy (non-hydrogen) atoms. The fourth-order valence-corrected chi connectivity index (χ4v) is 6.03. The lowest BCUT2D eigenvalue weighted by molar-refractivity contribution is 0.601. The average Bonchev–Trinajstić information content (AvgIpc) is 3.20. The summed E-state index contributed by atoms with van der Waals surface area (Å²) in [5.41, 5.74) is 6.66. The van der Waals surface area contributed by atoms with Gasteiger partial charge in [0.2, 0.25) is 0 Å². The predicted molar refractivity (Wildman–Crippen MR) is 129 cm³/mol. The van der Waals surface area contributed by atoms with Crippen LogP contribution in [-0.4, -0.2) is 8.42 Å². The van der Waals surface area contributed by atoms with Crippen LogP contribution in [0.5, 0.6) is 0 Å². The number of sulfonamides is 1. The molecule has 3 nitrogen and oxygen atoms in total. The van der Waals surface area contributed by atoms with Crippen molar-refractivity contribution in [3.8, 4) is 0 Å². The van der Waals surface area contributed by atoms with Gasteiger partial charge in [-0.3, -0.25) is 4.72 Å². The van der Waals surface area contributed by atoms with Gasteiger partial charge in [0.1, 0.15) is 0 Å². The summed E-state index contributed by atoms with van der Waals surface area (Å²) in [4.78, 5) is 1.54. The van der Waals surface area contributed by atoms with Crippen molar-refractivity contribution in [1.29, 1.82) is 0 Å². The van der Waals surface area contributed by atoms with Crippen LogP contribution in [0.2, 0.25) is 0 Å². The molecule has 0 unspecified atom stereocenters. The Kier molecular flexibility index (Phi) is 5.22. The summed E-state index contributed by atoms with van der Waals surface area (Å²) in [5, 5.41) is 2.15. The zero-order chi connectivity index (χ0) is 21.3. The predicted octanol–water partition coefficient (Wildman–Crippen LogP) is 6.24. The second-order valence-electron chi connectivity index (χ2n) is 7.53. The molecule has 1 heterocycles. The number of aryl methyl sites for hydroxylation is 2. The molecular formula is C26H21NO2S2. The van der Waals surface area contributed by atoms with E-state index in [0.29, 0.717) is 5.69 Å². The van der Waals surface area contributed by atoms with E-state index in [0.717, 1.165) is 18.4 Å². The highest BCUT2D eigenvalue weighted by molar-refractivity contribution is 7.92. The number of hydrogen-bond acceptors (Lipinski definition) is 3. The minimum absolute atomic E-state index is 0.250. The van der Waals surface area contributed by atoms with E-state index in [1.54, 1.807) is 47.7 Å². The standard InChI is InChI=1S/C26H21NO2S2/c28-31(29,23-10-2-1-3-11-23)27-22-9-6-7-19(17-22)18-25-24-12-5-4-8-20(24)13-14-21-15-16-30-26(21)25/h1-12,15-18,27H,13-14H2. The maximum absolute atomic E-state index is 12.7.